The Balaban J connectivity index is 0.00000220. The second-order valence-corrected chi connectivity index (χ2v) is 6.93. The zero-order valence-corrected chi connectivity index (χ0v) is 14.0. The van der Waals surface area contributed by atoms with E-state index in [1.54, 1.807) is 0 Å². The Morgan fingerprint density at radius 3 is 2.52 bits per heavy atom. The van der Waals surface area contributed by atoms with Crippen molar-refractivity contribution in [3.8, 4) is 0 Å². The van der Waals surface area contributed by atoms with Gasteiger partial charge in [-0.3, -0.25) is 4.79 Å². The number of likely N-dealkylation sites (tertiary alicyclic amines) is 1. The molecular formula is C11H14BrClFN3O3S. The van der Waals surface area contributed by atoms with Crippen LogP contribution >= 0.6 is 28.3 Å². The first-order valence-electron chi connectivity index (χ1n) is 5.77. The van der Waals surface area contributed by atoms with E-state index in [0.29, 0.717) is 19.5 Å². The average Bonchev–Trinajstić information content (AvgIpc) is 2.76. The van der Waals surface area contributed by atoms with Crippen LogP contribution in [0, 0.1) is 5.82 Å². The number of hydrogen-bond donors (Lipinski definition) is 2. The number of hydrogen-bond acceptors (Lipinski definition) is 4. The van der Waals surface area contributed by atoms with Crippen LogP contribution in [0.4, 0.5) is 4.39 Å². The van der Waals surface area contributed by atoms with Crippen LogP contribution in [0.5, 0.6) is 0 Å². The molecule has 118 valence electrons. The molecule has 1 unspecified atom stereocenters. The van der Waals surface area contributed by atoms with Crippen molar-refractivity contribution in [3.63, 3.8) is 0 Å². The molecule has 21 heavy (non-hydrogen) atoms. The van der Waals surface area contributed by atoms with Crippen molar-refractivity contribution < 1.29 is 17.6 Å². The minimum Gasteiger partial charge on any atom is -0.337 e. The fourth-order valence-electron chi connectivity index (χ4n) is 2.07. The zero-order valence-electron chi connectivity index (χ0n) is 10.8. The van der Waals surface area contributed by atoms with Gasteiger partial charge in [-0.2, -0.15) is 0 Å². The number of carbonyl (C=O) groups excluding carboxylic acids is 1. The van der Waals surface area contributed by atoms with Crippen molar-refractivity contribution in [1.29, 1.82) is 0 Å². The number of nitrogens with two attached hydrogens (primary N) is 2. The van der Waals surface area contributed by atoms with E-state index in [1.807, 2.05) is 0 Å². The molecule has 1 aliphatic rings. The van der Waals surface area contributed by atoms with Gasteiger partial charge in [0.25, 0.3) is 5.91 Å². The van der Waals surface area contributed by atoms with Gasteiger partial charge in [0, 0.05) is 19.1 Å². The van der Waals surface area contributed by atoms with Gasteiger partial charge in [-0.05, 0) is 34.5 Å². The minimum atomic E-state index is -4.13. The number of nitrogens with zero attached hydrogens (tertiary/aromatic N) is 1. The third kappa shape index (κ3) is 3.92. The highest BCUT2D eigenvalue weighted by atomic mass is 79.9. The minimum absolute atomic E-state index is 0. The molecule has 1 saturated heterocycles. The SMILES string of the molecule is Cl.NC1CCN(C(=O)c2cc(F)cc(S(N)(=O)=O)c2Br)C1. The van der Waals surface area contributed by atoms with Crippen molar-refractivity contribution in [2.45, 2.75) is 17.4 Å². The molecule has 1 heterocycles. The molecule has 10 heteroatoms. The van der Waals surface area contributed by atoms with Crippen molar-refractivity contribution in [3.05, 3.63) is 28.0 Å². The van der Waals surface area contributed by atoms with Gasteiger partial charge in [0.1, 0.15) is 5.82 Å². The predicted octanol–water partition coefficient (Wildman–Crippen LogP) is 0.831. The molecule has 2 rings (SSSR count). The Kier molecular flexibility index (Phi) is 5.73. The van der Waals surface area contributed by atoms with Gasteiger partial charge in [0.15, 0.2) is 0 Å². The van der Waals surface area contributed by atoms with E-state index in [2.05, 4.69) is 15.9 Å². The fourth-order valence-corrected chi connectivity index (χ4v) is 3.78. The van der Waals surface area contributed by atoms with Gasteiger partial charge >= 0.3 is 0 Å². The highest BCUT2D eigenvalue weighted by Gasteiger charge is 2.28. The number of carbonyl (C=O) groups is 1. The number of halogens is 3. The van der Waals surface area contributed by atoms with Crippen molar-refractivity contribution in [1.82, 2.24) is 4.90 Å². The molecule has 0 spiro atoms. The van der Waals surface area contributed by atoms with Crippen molar-refractivity contribution in [2.24, 2.45) is 10.9 Å². The third-order valence-corrected chi connectivity index (χ3v) is 5.10. The summed E-state index contributed by atoms with van der Waals surface area (Å²) in [7, 11) is -4.13. The first-order chi connectivity index (χ1) is 9.20. The largest absolute Gasteiger partial charge is 0.337 e. The maximum atomic E-state index is 13.5. The standard InChI is InChI=1S/C11H13BrFN3O3S.ClH/c12-10-8(11(17)16-2-1-7(14)5-16)3-6(13)4-9(10)20(15,18)19;/h3-4,7H,1-2,5,14H2,(H2,15,18,19);1H. The van der Waals surface area contributed by atoms with Crippen LogP contribution in [0.2, 0.25) is 0 Å². The molecular weight excluding hydrogens is 389 g/mol. The summed E-state index contributed by atoms with van der Waals surface area (Å²) in [6.45, 7) is 0.806. The Bertz CT molecular complexity index is 671. The first-order valence-corrected chi connectivity index (χ1v) is 8.11. The summed E-state index contributed by atoms with van der Waals surface area (Å²) in [6.07, 6.45) is 0.653. The van der Waals surface area contributed by atoms with Crippen LogP contribution < -0.4 is 10.9 Å². The molecule has 1 aromatic carbocycles. The molecule has 1 fully saturated rings. The molecule has 1 amide bonds. The molecule has 1 atom stereocenters. The second kappa shape index (κ2) is 6.57. The van der Waals surface area contributed by atoms with E-state index < -0.39 is 26.6 Å². The third-order valence-electron chi connectivity index (χ3n) is 3.05. The Morgan fingerprint density at radius 1 is 1.43 bits per heavy atom. The van der Waals surface area contributed by atoms with Gasteiger partial charge in [-0.15, -0.1) is 12.4 Å². The number of primary sulfonamides is 1. The molecule has 0 bridgehead atoms. The second-order valence-electron chi connectivity index (χ2n) is 4.61. The van der Waals surface area contributed by atoms with E-state index in [-0.39, 0.29) is 28.5 Å². The van der Waals surface area contributed by atoms with Crippen LogP contribution in [0.15, 0.2) is 21.5 Å². The summed E-state index contributed by atoms with van der Waals surface area (Å²) in [4.78, 5) is 13.3. The normalized spacial score (nSPS) is 18.5. The van der Waals surface area contributed by atoms with Gasteiger partial charge in [0.05, 0.1) is 14.9 Å². The van der Waals surface area contributed by atoms with Crippen LogP contribution in [0.1, 0.15) is 16.8 Å². The average molecular weight is 403 g/mol. The van der Waals surface area contributed by atoms with Gasteiger partial charge in [0.2, 0.25) is 10.0 Å². The van der Waals surface area contributed by atoms with Crippen LogP contribution in [0.25, 0.3) is 0 Å². The Labute approximate surface area is 136 Å². The van der Waals surface area contributed by atoms with E-state index in [9.17, 15) is 17.6 Å². The quantitative estimate of drug-likeness (QED) is 0.764. The molecule has 0 aliphatic carbocycles. The first kappa shape index (κ1) is 18.3. The summed E-state index contributed by atoms with van der Waals surface area (Å²) in [5.74, 6) is -1.32. The maximum absolute atomic E-state index is 13.5. The summed E-state index contributed by atoms with van der Waals surface area (Å²) in [5.41, 5.74) is 5.63. The zero-order chi connectivity index (χ0) is 15.1. The molecule has 1 aliphatic heterocycles. The molecule has 0 saturated carbocycles. The van der Waals surface area contributed by atoms with Crippen molar-refractivity contribution in [2.75, 3.05) is 13.1 Å². The number of rotatable bonds is 2. The number of benzene rings is 1. The van der Waals surface area contributed by atoms with Crippen LogP contribution in [-0.2, 0) is 10.0 Å². The lowest BCUT2D eigenvalue weighted by atomic mass is 10.2. The highest BCUT2D eigenvalue weighted by molar-refractivity contribution is 9.10. The summed E-state index contributed by atoms with van der Waals surface area (Å²) < 4.78 is 36.3. The maximum Gasteiger partial charge on any atom is 0.255 e. The summed E-state index contributed by atoms with van der Waals surface area (Å²) in [6, 6.07) is 1.63. The predicted molar refractivity (Wildman–Crippen MR) is 81.2 cm³/mol. The van der Waals surface area contributed by atoms with Crippen molar-refractivity contribution >= 4 is 44.3 Å². The molecule has 0 radical (unpaired) electrons. The fraction of sp³-hybridized carbons (Fsp3) is 0.364. The smallest absolute Gasteiger partial charge is 0.255 e. The van der Waals surface area contributed by atoms with Crippen LogP contribution in [-0.4, -0.2) is 38.4 Å². The topological polar surface area (TPSA) is 106 Å². The number of sulfonamides is 1. The summed E-state index contributed by atoms with van der Waals surface area (Å²) >= 11 is 3.01. The highest BCUT2D eigenvalue weighted by Crippen LogP contribution is 2.28. The molecule has 4 N–H and O–H groups in total. The monoisotopic (exact) mass is 401 g/mol. The summed E-state index contributed by atoms with van der Waals surface area (Å²) in [5, 5.41) is 5.00. The van der Waals surface area contributed by atoms with E-state index in [0.717, 1.165) is 12.1 Å². The molecule has 1 aromatic rings. The lowest BCUT2D eigenvalue weighted by Gasteiger charge is -2.17. The lowest BCUT2D eigenvalue weighted by Crippen LogP contribution is -2.32. The lowest BCUT2D eigenvalue weighted by molar-refractivity contribution is 0.0789. The Hall–Kier alpha value is -0.740. The Morgan fingerprint density at radius 2 is 2.05 bits per heavy atom. The van der Waals surface area contributed by atoms with E-state index in [1.165, 1.54) is 4.90 Å². The molecule has 0 aromatic heterocycles. The van der Waals surface area contributed by atoms with Crippen LogP contribution in [0.3, 0.4) is 0 Å². The van der Waals surface area contributed by atoms with E-state index in [4.69, 9.17) is 10.9 Å². The molecule has 6 nitrogen and oxygen atoms in total. The van der Waals surface area contributed by atoms with Gasteiger partial charge in [-0.1, -0.05) is 0 Å². The van der Waals surface area contributed by atoms with E-state index >= 15 is 0 Å². The van der Waals surface area contributed by atoms with Gasteiger partial charge in [-0.25, -0.2) is 17.9 Å². The number of amides is 1. The van der Waals surface area contributed by atoms with Gasteiger partial charge < -0.3 is 10.6 Å².